The van der Waals surface area contributed by atoms with Gasteiger partial charge in [0.2, 0.25) is 0 Å². The summed E-state index contributed by atoms with van der Waals surface area (Å²) in [5, 5.41) is 28.0. The average molecular weight is 1290 g/mol. The molecule has 492 valence electrons. The molecule has 0 aliphatic carbocycles. The molecule has 0 aliphatic heterocycles. The first kappa shape index (κ1) is 73.0. The number of carbonyl (C=O) groups is 12. The van der Waals surface area contributed by atoms with Gasteiger partial charge in [0.15, 0.2) is 11.6 Å². The lowest BCUT2D eigenvalue weighted by atomic mass is 10.0. The number of para-hydroxylation sites is 3. The number of carboxylic acids is 2. The standard InChI is InChI=1S/C22H19F2N3O3.C18H20N2O4.C16H16N2O4.C12H15NO5/c1-12-18(20(28)22(30)25-14-7-5-4-6-8-14)13(2)27(3)19(12)21(29)26-15-9-10-16(23)17(24)11-15;1-5-24-18(23)15-11(2)14(12(3)20(15)4)16(21)17(22)19-13-9-7-6-8-10-13;1-9-12(10(2)18(3)13(9)16(21)22)14(19)15(20)17-11-7-5-4-6-8-11;1-5-18-12(17)9-6(2)8(7(3)13(9)4)10(14)11(15)16/h4-11H,1-3H3,(H,25,30)(H,26,29);6-10H,5H2,1-4H3,(H,19,22);4-8H,1-3H3,(H,17,20)(H,21,22);5H2,1-4H3,(H,15,16). The summed E-state index contributed by atoms with van der Waals surface area (Å²) in [6.45, 7) is 16.6. The van der Waals surface area contributed by atoms with Crippen molar-refractivity contribution in [2.45, 2.75) is 69.2 Å². The van der Waals surface area contributed by atoms with Crippen LogP contribution in [-0.2, 0) is 56.8 Å². The maximum Gasteiger partial charge on any atom is 0.377 e. The number of aliphatic carboxylic acids is 1. The lowest BCUT2D eigenvalue weighted by Gasteiger charge is -2.08. The predicted molar refractivity (Wildman–Crippen MR) is 343 cm³/mol. The van der Waals surface area contributed by atoms with Crippen molar-refractivity contribution >= 4 is 93.4 Å². The van der Waals surface area contributed by atoms with Gasteiger partial charge >= 0.3 is 23.9 Å². The Kier molecular flexibility index (Phi) is 24.7. The van der Waals surface area contributed by atoms with E-state index < -0.39 is 82.3 Å². The third kappa shape index (κ3) is 16.4. The van der Waals surface area contributed by atoms with Gasteiger partial charge in [-0.15, -0.1) is 0 Å². The van der Waals surface area contributed by atoms with Crippen LogP contribution in [0.15, 0.2) is 109 Å². The minimum absolute atomic E-state index is 0.00774. The number of anilines is 4. The minimum atomic E-state index is -1.54. The fraction of sp³-hybridized carbons (Fsp3) is 0.235. The van der Waals surface area contributed by atoms with E-state index in [1.807, 2.05) is 6.07 Å². The van der Waals surface area contributed by atoms with Crippen LogP contribution in [0, 0.1) is 67.0 Å². The molecule has 4 heterocycles. The average Bonchev–Trinajstić information content (AvgIpc) is 1.66. The predicted octanol–water partition coefficient (Wildman–Crippen LogP) is 9.88. The molecule has 0 unspecified atom stereocenters. The Morgan fingerprint density at radius 3 is 0.979 bits per heavy atom. The van der Waals surface area contributed by atoms with Crippen LogP contribution in [0.25, 0.3) is 0 Å². The Morgan fingerprint density at radius 1 is 0.383 bits per heavy atom. The molecule has 8 aromatic rings. The number of nitrogens with zero attached hydrogens (tertiary/aromatic N) is 4. The van der Waals surface area contributed by atoms with Crippen molar-refractivity contribution in [3.8, 4) is 0 Å². The number of nitrogens with one attached hydrogen (secondary N) is 4. The zero-order chi connectivity index (χ0) is 70.3. The Bertz CT molecular complexity index is 4310. The molecule has 4 amide bonds. The highest BCUT2D eigenvalue weighted by molar-refractivity contribution is 6.48. The lowest BCUT2D eigenvalue weighted by Crippen LogP contribution is -2.24. The molecule has 0 bridgehead atoms. The molecular formula is C68H70F2N8O16. The van der Waals surface area contributed by atoms with Gasteiger partial charge in [0, 0.05) is 79.8 Å². The van der Waals surface area contributed by atoms with Crippen LogP contribution in [0.2, 0.25) is 0 Å². The molecule has 94 heavy (non-hydrogen) atoms. The van der Waals surface area contributed by atoms with E-state index in [0.717, 1.165) is 12.1 Å². The zero-order valence-corrected chi connectivity index (χ0v) is 54.0. The van der Waals surface area contributed by atoms with E-state index in [0.29, 0.717) is 62.1 Å². The van der Waals surface area contributed by atoms with Crippen LogP contribution < -0.4 is 21.3 Å². The zero-order valence-electron chi connectivity index (χ0n) is 54.0. The topological polar surface area (TPSA) is 332 Å². The molecule has 0 spiro atoms. The number of aromatic nitrogens is 4. The van der Waals surface area contributed by atoms with Gasteiger partial charge in [-0.1, -0.05) is 54.6 Å². The molecule has 26 heteroatoms. The Hall–Kier alpha value is -11.7. The molecular weight excluding hydrogens is 1220 g/mol. The second-order valence-corrected chi connectivity index (χ2v) is 20.9. The van der Waals surface area contributed by atoms with Crippen LogP contribution >= 0.6 is 0 Å². The first-order valence-electron chi connectivity index (χ1n) is 28.7. The number of esters is 2. The molecule has 0 saturated heterocycles. The van der Waals surface area contributed by atoms with Crippen LogP contribution in [-0.4, -0.2) is 112 Å². The number of Topliss-reactive ketones (excluding diaryl/α,β-unsaturated/α-hetero) is 4. The van der Waals surface area contributed by atoms with Crippen molar-refractivity contribution in [2.24, 2.45) is 28.2 Å². The van der Waals surface area contributed by atoms with Gasteiger partial charge in [-0.3, -0.25) is 38.4 Å². The molecule has 6 N–H and O–H groups in total. The van der Waals surface area contributed by atoms with E-state index in [9.17, 15) is 71.4 Å². The molecule has 0 atom stereocenters. The van der Waals surface area contributed by atoms with Crippen molar-refractivity contribution in [1.82, 2.24) is 18.3 Å². The number of halogens is 2. The van der Waals surface area contributed by atoms with Gasteiger partial charge in [-0.05, 0) is 140 Å². The van der Waals surface area contributed by atoms with Gasteiger partial charge in [0.25, 0.3) is 46.8 Å². The number of amides is 4. The third-order valence-corrected chi connectivity index (χ3v) is 15.1. The molecule has 0 radical (unpaired) electrons. The number of ketones is 4. The first-order chi connectivity index (χ1) is 44.2. The first-order valence-corrected chi connectivity index (χ1v) is 28.7. The summed E-state index contributed by atoms with van der Waals surface area (Å²) in [5.41, 5.74) is 5.96. The number of carboxylic acid groups (broad SMARTS) is 2. The Balaban J connectivity index is 0.000000231. The molecule has 8 rings (SSSR count). The Labute approximate surface area is 538 Å². The van der Waals surface area contributed by atoms with E-state index in [1.54, 1.807) is 173 Å². The van der Waals surface area contributed by atoms with Gasteiger partial charge in [-0.25, -0.2) is 28.0 Å². The van der Waals surface area contributed by atoms with Gasteiger partial charge in [0.05, 0.1) is 35.5 Å². The number of rotatable bonds is 18. The van der Waals surface area contributed by atoms with E-state index in [1.165, 1.54) is 33.6 Å². The van der Waals surface area contributed by atoms with Gasteiger partial charge in [-0.2, -0.15) is 0 Å². The lowest BCUT2D eigenvalue weighted by molar-refractivity contribution is -0.131. The summed E-state index contributed by atoms with van der Waals surface area (Å²) in [5.74, 6) is -12.1. The molecule has 0 saturated carbocycles. The Morgan fingerprint density at radius 2 is 0.681 bits per heavy atom. The van der Waals surface area contributed by atoms with Crippen LogP contribution in [0.3, 0.4) is 0 Å². The van der Waals surface area contributed by atoms with E-state index in [4.69, 9.17) is 14.6 Å². The maximum absolute atomic E-state index is 13.4. The number of aromatic carboxylic acids is 1. The van der Waals surface area contributed by atoms with Crippen molar-refractivity contribution in [3.05, 3.63) is 211 Å². The van der Waals surface area contributed by atoms with Gasteiger partial charge < -0.3 is 59.2 Å². The summed E-state index contributed by atoms with van der Waals surface area (Å²) in [7, 11) is 6.39. The third-order valence-electron chi connectivity index (χ3n) is 15.1. The monoisotopic (exact) mass is 1290 g/mol. The second-order valence-electron chi connectivity index (χ2n) is 20.9. The van der Waals surface area contributed by atoms with Crippen molar-refractivity contribution < 1.29 is 86.0 Å². The maximum atomic E-state index is 13.4. The number of ether oxygens (including phenoxy) is 2. The quantitative estimate of drug-likeness (QED) is 0.0264. The van der Waals surface area contributed by atoms with E-state index in [-0.39, 0.29) is 63.9 Å². The summed E-state index contributed by atoms with van der Waals surface area (Å²) < 4.78 is 42.3. The largest absolute Gasteiger partial charge is 0.477 e. The minimum Gasteiger partial charge on any atom is -0.477 e. The fourth-order valence-corrected chi connectivity index (χ4v) is 10.2. The molecule has 0 fully saturated rings. The van der Waals surface area contributed by atoms with Crippen molar-refractivity contribution in [1.29, 1.82) is 0 Å². The van der Waals surface area contributed by atoms with Crippen LogP contribution in [0.1, 0.15) is 142 Å². The molecule has 4 aromatic heterocycles. The van der Waals surface area contributed by atoms with E-state index >= 15 is 0 Å². The van der Waals surface area contributed by atoms with Crippen LogP contribution in [0.5, 0.6) is 0 Å². The number of hydrogen-bond donors (Lipinski definition) is 6. The smallest absolute Gasteiger partial charge is 0.377 e. The normalized spacial score (nSPS) is 10.4. The summed E-state index contributed by atoms with van der Waals surface area (Å²) in [6.07, 6.45) is 0. The highest BCUT2D eigenvalue weighted by Crippen LogP contribution is 2.28. The summed E-state index contributed by atoms with van der Waals surface area (Å²) >= 11 is 0. The second kappa shape index (κ2) is 31.8. The van der Waals surface area contributed by atoms with E-state index in [2.05, 4.69) is 21.3 Å². The number of carbonyl (C=O) groups excluding carboxylic acids is 10. The van der Waals surface area contributed by atoms with Gasteiger partial charge in [0.1, 0.15) is 22.8 Å². The number of benzene rings is 4. The molecule has 0 aliphatic rings. The molecule has 4 aromatic carbocycles. The highest BCUT2D eigenvalue weighted by atomic mass is 19.2. The SMILES string of the molecule is CCOC(=O)c1c(C)c(C(=O)C(=O)Nc2ccccc2)c(C)n1C.CCOC(=O)c1c(C)c(C(=O)C(=O)O)c(C)n1C.Cc1c(C(=O)C(=O)Nc2ccccc2)c(C)n(C)c1C(=O)Nc1ccc(F)c(F)c1.Cc1c(C(=O)C(=O)Nc2ccccc2)c(C)n(C)c1C(=O)O. The highest BCUT2D eigenvalue weighted by Gasteiger charge is 2.33. The number of hydrogen-bond acceptors (Lipinski definition) is 14. The summed E-state index contributed by atoms with van der Waals surface area (Å²) in [6, 6.07) is 28.8. The van der Waals surface area contributed by atoms with Crippen molar-refractivity contribution in [2.75, 3.05) is 34.5 Å². The molecule has 24 nitrogen and oxygen atoms in total. The van der Waals surface area contributed by atoms with Crippen molar-refractivity contribution in [3.63, 3.8) is 0 Å². The van der Waals surface area contributed by atoms with Crippen LogP contribution in [0.4, 0.5) is 31.5 Å². The fourth-order valence-electron chi connectivity index (χ4n) is 10.2. The summed E-state index contributed by atoms with van der Waals surface area (Å²) in [4.78, 5) is 145.